The van der Waals surface area contributed by atoms with Gasteiger partial charge in [-0.3, -0.25) is 9.59 Å². The topological polar surface area (TPSA) is 49.4 Å². The largest absolute Gasteiger partial charge is 0.425 e. The van der Waals surface area contributed by atoms with Crippen molar-refractivity contribution in [2.75, 3.05) is 18.9 Å². The molecular weight excluding hydrogens is 372 g/mol. The van der Waals surface area contributed by atoms with Gasteiger partial charge in [-0.25, -0.2) is 4.39 Å². The van der Waals surface area contributed by atoms with Gasteiger partial charge in [0.05, 0.1) is 5.69 Å². The van der Waals surface area contributed by atoms with E-state index in [9.17, 15) is 27.2 Å². The minimum absolute atomic E-state index is 0.0834. The van der Waals surface area contributed by atoms with Crippen LogP contribution in [0, 0.1) is 11.7 Å². The van der Waals surface area contributed by atoms with E-state index in [1.165, 1.54) is 35.5 Å². The fourth-order valence-corrected chi connectivity index (χ4v) is 3.80. The van der Waals surface area contributed by atoms with Crippen LogP contribution in [0.15, 0.2) is 35.7 Å². The molecule has 2 amide bonds. The summed E-state index contributed by atoms with van der Waals surface area (Å²) in [5.41, 5.74) is 0.189. The number of benzene rings is 1. The molecular formula is C17H14F4N2O2S. The third-order valence-corrected chi connectivity index (χ3v) is 5.25. The molecule has 0 bridgehead atoms. The Bertz CT molecular complexity index is 849. The Morgan fingerprint density at radius 2 is 2.00 bits per heavy atom. The molecule has 1 aromatic carbocycles. The lowest BCUT2D eigenvalue weighted by atomic mass is 9.89. The number of anilines is 1. The lowest BCUT2D eigenvalue weighted by molar-refractivity contribution is -0.135. The third kappa shape index (κ3) is 3.44. The number of carbonyl (C=O) groups excluding carboxylic acids is 2. The van der Waals surface area contributed by atoms with Crippen molar-refractivity contribution in [3.63, 3.8) is 0 Å². The van der Waals surface area contributed by atoms with E-state index in [0.29, 0.717) is 11.3 Å². The maximum Gasteiger partial charge on any atom is 0.425 e. The summed E-state index contributed by atoms with van der Waals surface area (Å²) in [6.07, 6.45) is -4.48. The van der Waals surface area contributed by atoms with Gasteiger partial charge in [-0.2, -0.15) is 13.2 Å². The summed E-state index contributed by atoms with van der Waals surface area (Å²) in [4.78, 5) is 25.4. The van der Waals surface area contributed by atoms with Crippen LogP contribution < -0.4 is 5.32 Å². The summed E-state index contributed by atoms with van der Waals surface area (Å²) in [6.45, 7) is 0.113. The zero-order valence-corrected chi connectivity index (χ0v) is 14.3. The molecule has 0 saturated carbocycles. The van der Waals surface area contributed by atoms with Crippen LogP contribution in [0.3, 0.4) is 0 Å². The first-order valence-electron chi connectivity index (χ1n) is 7.64. The molecule has 0 aliphatic carbocycles. The number of likely N-dealkylation sites (tertiary alicyclic amines) is 1. The highest BCUT2D eigenvalue weighted by Crippen LogP contribution is 2.40. The molecule has 1 aliphatic heterocycles. The standard InChI is InChI=1S/C17H14F4N2O2S/c1-23-7-10(9-6-13(26-8-9)17(19,20)21)14(16(23)25)15(24)22-12-5-3-2-4-11(12)18/h2-6,8,10,14H,7H2,1H3,(H,22,24)/t10-,14+/m1/s1. The van der Waals surface area contributed by atoms with Crippen molar-refractivity contribution in [2.24, 2.45) is 5.92 Å². The van der Waals surface area contributed by atoms with E-state index in [1.807, 2.05) is 0 Å². The highest BCUT2D eigenvalue weighted by Gasteiger charge is 2.45. The normalized spacial score (nSPS) is 20.5. The second-order valence-electron chi connectivity index (χ2n) is 6.01. The molecule has 9 heteroatoms. The Labute approximate surface area is 150 Å². The van der Waals surface area contributed by atoms with Crippen molar-refractivity contribution in [2.45, 2.75) is 12.1 Å². The van der Waals surface area contributed by atoms with E-state index in [2.05, 4.69) is 5.32 Å². The van der Waals surface area contributed by atoms with Gasteiger partial charge in [0.15, 0.2) is 0 Å². The van der Waals surface area contributed by atoms with E-state index in [4.69, 9.17) is 0 Å². The summed E-state index contributed by atoms with van der Waals surface area (Å²) in [7, 11) is 1.47. The average molecular weight is 386 g/mol. The monoisotopic (exact) mass is 386 g/mol. The quantitative estimate of drug-likeness (QED) is 0.646. The molecule has 0 spiro atoms. The third-order valence-electron chi connectivity index (χ3n) is 4.26. The average Bonchev–Trinajstić information content (AvgIpc) is 3.15. The van der Waals surface area contributed by atoms with Gasteiger partial charge < -0.3 is 10.2 Å². The van der Waals surface area contributed by atoms with Crippen molar-refractivity contribution >= 4 is 28.8 Å². The van der Waals surface area contributed by atoms with E-state index >= 15 is 0 Å². The maximum absolute atomic E-state index is 13.7. The number of carbonyl (C=O) groups is 2. The molecule has 2 atom stereocenters. The Morgan fingerprint density at radius 3 is 2.62 bits per heavy atom. The number of hydrogen-bond donors (Lipinski definition) is 1. The summed E-state index contributed by atoms with van der Waals surface area (Å²) in [5.74, 6) is -3.86. The van der Waals surface area contributed by atoms with Gasteiger partial charge >= 0.3 is 6.18 Å². The van der Waals surface area contributed by atoms with Gasteiger partial charge in [-0.1, -0.05) is 12.1 Å². The number of alkyl halides is 3. The van der Waals surface area contributed by atoms with Crippen LogP contribution in [0.25, 0.3) is 0 Å². The molecule has 3 rings (SSSR count). The lowest BCUT2D eigenvalue weighted by Crippen LogP contribution is -2.32. The number of nitrogens with one attached hydrogen (secondary N) is 1. The number of para-hydroxylation sites is 1. The van der Waals surface area contributed by atoms with Gasteiger partial charge in [0.2, 0.25) is 11.8 Å². The molecule has 1 aromatic heterocycles. The van der Waals surface area contributed by atoms with E-state index in [0.717, 1.165) is 12.1 Å². The number of thiophene rings is 1. The Morgan fingerprint density at radius 1 is 1.31 bits per heavy atom. The van der Waals surface area contributed by atoms with Crippen molar-refractivity contribution in [1.29, 1.82) is 0 Å². The van der Waals surface area contributed by atoms with Gasteiger partial charge in [0.25, 0.3) is 0 Å². The van der Waals surface area contributed by atoms with Crippen molar-refractivity contribution in [3.05, 3.63) is 52.0 Å². The number of hydrogen-bond acceptors (Lipinski definition) is 3. The highest BCUT2D eigenvalue weighted by molar-refractivity contribution is 7.10. The molecule has 1 aliphatic rings. The summed E-state index contributed by atoms with van der Waals surface area (Å²) >= 11 is 0.519. The Kier molecular flexibility index (Phi) is 4.74. The molecule has 2 heterocycles. The van der Waals surface area contributed by atoms with Crippen LogP contribution >= 0.6 is 11.3 Å². The SMILES string of the molecule is CN1C[C@H](c2csc(C(F)(F)F)c2)[C@@H](C(=O)Nc2ccccc2F)C1=O. The highest BCUT2D eigenvalue weighted by atomic mass is 32.1. The van der Waals surface area contributed by atoms with Crippen LogP contribution in [0.4, 0.5) is 23.2 Å². The summed E-state index contributed by atoms with van der Waals surface area (Å²) in [5, 5.41) is 3.67. The minimum Gasteiger partial charge on any atom is -0.344 e. The molecule has 1 N–H and O–H groups in total. The van der Waals surface area contributed by atoms with Gasteiger partial charge in [0, 0.05) is 19.5 Å². The fourth-order valence-electron chi connectivity index (χ4n) is 2.96. The van der Waals surface area contributed by atoms with Crippen molar-refractivity contribution < 1.29 is 27.2 Å². The molecule has 1 fully saturated rings. The maximum atomic E-state index is 13.7. The minimum atomic E-state index is -4.48. The van der Waals surface area contributed by atoms with Crippen LogP contribution in [-0.4, -0.2) is 30.3 Å². The fraction of sp³-hybridized carbons (Fsp3) is 0.294. The smallest absolute Gasteiger partial charge is 0.344 e. The Balaban J connectivity index is 1.88. The Hall–Kier alpha value is -2.42. The van der Waals surface area contributed by atoms with Crippen molar-refractivity contribution in [3.8, 4) is 0 Å². The zero-order chi connectivity index (χ0) is 19.1. The molecule has 138 valence electrons. The molecule has 4 nitrogen and oxygen atoms in total. The lowest BCUT2D eigenvalue weighted by Gasteiger charge is -2.16. The van der Waals surface area contributed by atoms with Crippen LogP contribution in [0.5, 0.6) is 0 Å². The van der Waals surface area contributed by atoms with E-state index in [1.54, 1.807) is 0 Å². The molecule has 26 heavy (non-hydrogen) atoms. The predicted octanol–water partition coefficient (Wildman–Crippen LogP) is 3.72. The number of rotatable bonds is 3. The van der Waals surface area contributed by atoms with Crippen LogP contribution in [0.1, 0.15) is 16.4 Å². The number of likely N-dealkylation sites (N-methyl/N-ethyl adjacent to an activating group) is 1. The first kappa shape index (κ1) is 18.4. The van der Waals surface area contributed by atoms with Gasteiger partial charge in [-0.15, -0.1) is 11.3 Å². The number of amides is 2. The number of halogens is 4. The van der Waals surface area contributed by atoms with Crippen molar-refractivity contribution in [1.82, 2.24) is 4.90 Å². The molecule has 1 saturated heterocycles. The van der Waals surface area contributed by atoms with E-state index in [-0.39, 0.29) is 17.8 Å². The first-order chi connectivity index (χ1) is 12.2. The second kappa shape index (κ2) is 6.71. The zero-order valence-electron chi connectivity index (χ0n) is 13.5. The molecule has 2 aromatic rings. The summed E-state index contributed by atoms with van der Waals surface area (Å²) < 4.78 is 52.3. The number of nitrogens with zero attached hydrogens (tertiary/aromatic N) is 1. The molecule has 0 unspecified atom stereocenters. The van der Waals surface area contributed by atoms with Gasteiger partial charge in [0.1, 0.15) is 16.6 Å². The van der Waals surface area contributed by atoms with E-state index < -0.39 is 40.5 Å². The van der Waals surface area contributed by atoms with Crippen LogP contribution in [0.2, 0.25) is 0 Å². The molecule has 0 radical (unpaired) electrons. The first-order valence-corrected chi connectivity index (χ1v) is 8.52. The summed E-state index contributed by atoms with van der Waals surface area (Å²) in [6, 6.07) is 6.44. The second-order valence-corrected chi connectivity index (χ2v) is 6.93. The predicted molar refractivity (Wildman–Crippen MR) is 88.2 cm³/mol. The van der Waals surface area contributed by atoms with Crippen LogP contribution in [-0.2, 0) is 15.8 Å². The van der Waals surface area contributed by atoms with Gasteiger partial charge in [-0.05, 0) is 29.1 Å².